The molecule has 1 aliphatic rings. The molecule has 0 fully saturated rings. The highest BCUT2D eigenvalue weighted by Gasteiger charge is 2.62. The molecule has 18 heavy (non-hydrogen) atoms. The van der Waals surface area contributed by atoms with E-state index < -0.39 is 35.6 Å². The molecule has 0 spiro atoms. The number of aliphatic hydroxyl groups excluding tert-OH is 1. The first-order valence-electron chi connectivity index (χ1n) is 4.64. The number of aliphatic hydroxyl groups is 1. The van der Waals surface area contributed by atoms with Crippen molar-refractivity contribution in [1.82, 2.24) is 0 Å². The van der Waals surface area contributed by atoms with Crippen molar-refractivity contribution in [3.05, 3.63) is 33.2 Å². The van der Waals surface area contributed by atoms with Crippen LogP contribution in [-0.2, 0) is 6.42 Å². The van der Waals surface area contributed by atoms with E-state index in [-0.39, 0.29) is 5.56 Å². The Balaban J connectivity index is 2.47. The van der Waals surface area contributed by atoms with Gasteiger partial charge in [-0.25, -0.2) is 0 Å². The van der Waals surface area contributed by atoms with Crippen LogP contribution in [0.1, 0.15) is 15.2 Å². The van der Waals surface area contributed by atoms with Gasteiger partial charge in [0, 0.05) is 22.4 Å². The lowest BCUT2D eigenvalue weighted by molar-refractivity contribution is -0.274. The van der Waals surface area contributed by atoms with Crippen molar-refractivity contribution in [1.29, 1.82) is 0 Å². The highest BCUT2D eigenvalue weighted by Crippen LogP contribution is 2.43. The van der Waals surface area contributed by atoms with Crippen molar-refractivity contribution < 1.29 is 31.9 Å². The number of hydrogen-bond donors (Lipinski definition) is 1. The van der Waals surface area contributed by atoms with Crippen molar-refractivity contribution in [2.75, 3.05) is 0 Å². The lowest BCUT2D eigenvalue weighted by atomic mass is 10.1. The van der Waals surface area contributed by atoms with Crippen LogP contribution in [0.15, 0.2) is 22.8 Å². The number of rotatable bonds is 1. The minimum atomic E-state index is -5.93. The van der Waals surface area contributed by atoms with Crippen molar-refractivity contribution >= 4 is 17.1 Å². The number of Topliss-reactive ketones (excluding diaryl/α,β-unsaturated/α-hetero) is 1. The average molecular weight is 284 g/mol. The Kier molecular flexibility index (Phi) is 2.73. The SMILES string of the molecule is O=C1/C(=C(\O)C(F)(F)C(F)(F)F)Cc2sccc21. The predicted molar refractivity (Wildman–Crippen MR) is 53.0 cm³/mol. The fraction of sp³-hybridized carbons (Fsp3) is 0.300. The number of carbonyl (C=O) groups excluding carboxylic acids is 1. The summed E-state index contributed by atoms with van der Waals surface area (Å²) in [5, 5.41) is 10.6. The molecule has 0 saturated carbocycles. The zero-order valence-electron chi connectivity index (χ0n) is 8.52. The van der Waals surface area contributed by atoms with E-state index in [4.69, 9.17) is 5.11 Å². The highest BCUT2D eigenvalue weighted by molar-refractivity contribution is 7.10. The minimum Gasteiger partial charge on any atom is -0.506 e. The van der Waals surface area contributed by atoms with Gasteiger partial charge in [0.2, 0.25) is 0 Å². The van der Waals surface area contributed by atoms with Crippen LogP contribution >= 0.6 is 11.3 Å². The first-order chi connectivity index (χ1) is 8.16. The van der Waals surface area contributed by atoms with E-state index in [0.29, 0.717) is 4.88 Å². The Labute approximate surface area is 101 Å². The normalized spacial score (nSPS) is 19.1. The lowest BCUT2D eigenvalue weighted by Gasteiger charge is -2.19. The summed E-state index contributed by atoms with van der Waals surface area (Å²) in [6, 6.07) is 1.33. The highest BCUT2D eigenvalue weighted by atomic mass is 32.1. The molecule has 2 nitrogen and oxygen atoms in total. The van der Waals surface area contributed by atoms with Gasteiger partial charge in [-0.3, -0.25) is 4.79 Å². The number of thiophene rings is 1. The molecular weight excluding hydrogens is 279 g/mol. The molecule has 0 aliphatic heterocycles. The molecule has 1 aromatic heterocycles. The van der Waals surface area contributed by atoms with Crippen LogP contribution in [-0.4, -0.2) is 23.0 Å². The summed E-state index contributed by atoms with van der Waals surface area (Å²) in [5.41, 5.74) is -0.821. The summed E-state index contributed by atoms with van der Waals surface area (Å²) < 4.78 is 62.0. The molecule has 0 amide bonds. The van der Waals surface area contributed by atoms with Crippen LogP contribution in [0.25, 0.3) is 0 Å². The van der Waals surface area contributed by atoms with Crippen molar-refractivity contribution in [2.45, 2.75) is 18.5 Å². The molecule has 98 valence electrons. The van der Waals surface area contributed by atoms with Gasteiger partial charge in [0.05, 0.1) is 0 Å². The predicted octanol–water partition coefficient (Wildman–Crippen LogP) is 3.50. The van der Waals surface area contributed by atoms with Gasteiger partial charge in [-0.1, -0.05) is 0 Å². The van der Waals surface area contributed by atoms with E-state index in [1.165, 1.54) is 11.4 Å². The fourth-order valence-corrected chi connectivity index (χ4v) is 2.48. The van der Waals surface area contributed by atoms with Gasteiger partial charge in [0.1, 0.15) is 0 Å². The second-order valence-corrected chi connectivity index (χ2v) is 4.66. The standard InChI is InChI=1S/C10H5F5O2S/c11-9(12,10(13,14)15)8(17)5-3-6-4(7(5)16)1-2-18-6/h1-2,17H,3H2/b8-5-. The van der Waals surface area contributed by atoms with Crippen LogP contribution in [0.4, 0.5) is 22.0 Å². The van der Waals surface area contributed by atoms with E-state index in [9.17, 15) is 26.7 Å². The number of carbonyl (C=O) groups is 1. The summed E-state index contributed by atoms with van der Waals surface area (Å²) >= 11 is 1.06. The summed E-state index contributed by atoms with van der Waals surface area (Å²) in [4.78, 5) is 11.9. The van der Waals surface area contributed by atoms with Gasteiger partial charge in [-0.15, -0.1) is 11.3 Å². The van der Waals surface area contributed by atoms with E-state index in [2.05, 4.69) is 0 Å². The zero-order valence-corrected chi connectivity index (χ0v) is 9.33. The first kappa shape index (κ1) is 13.0. The number of fused-ring (bicyclic) bond motifs is 1. The largest absolute Gasteiger partial charge is 0.506 e. The molecule has 0 radical (unpaired) electrons. The van der Waals surface area contributed by atoms with Gasteiger partial charge < -0.3 is 5.11 Å². The average Bonchev–Trinajstić information content (AvgIpc) is 2.79. The maximum Gasteiger partial charge on any atom is 0.461 e. The van der Waals surface area contributed by atoms with Crippen molar-refractivity contribution in [3.63, 3.8) is 0 Å². The summed E-state index contributed by atoms with van der Waals surface area (Å²) in [7, 11) is 0. The number of halogens is 5. The third-order valence-electron chi connectivity index (χ3n) is 2.54. The van der Waals surface area contributed by atoms with E-state index in [0.717, 1.165) is 11.3 Å². The Morgan fingerprint density at radius 1 is 1.28 bits per heavy atom. The smallest absolute Gasteiger partial charge is 0.461 e. The van der Waals surface area contributed by atoms with Gasteiger partial charge >= 0.3 is 12.1 Å². The molecule has 0 bridgehead atoms. The van der Waals surface area contributed by atoms with Crippen LogP contribution < -0.4 is 0 Å². The third-order valence-corrected chi connectivity index (χ3v) is 3.46. The Morgan fingerprint density at radius 3 is 2.39 bits per heavy atom. The zero-order chi connectivity index (χ0) is 13.7. The Bertz CT molecular complexity index is 541. The van der Waals surface area contributed by atoms with E-state index in [1.807, 2.05) is 0 Å². The van der Waals surface area contributed by atoms with Crippen LogP contribution in [0.5, 0.6) is 0 Å². The van der Waals surface area contributed by atoms with Crippen molar-refractivity contribution in [2.24, 2.45) is 0 Å². The Hall–Kier alpha value is -1.44. The molecule has 0 aromatic carbocycles. The molecule has 0 saturated heterocycles. The minimum absolute atomic E-state index is 0.0690. The quantitative estimate of drug-likeness (QED) is 0.487. The summed E-state index contributed by atoms with van der Waals surface area (Å²) in [6.45, 7) is 0. The maximum atomic E-state index is 12.9. The van der Waals surface area contributed by atoms with E-state index >= 15 is 0 Å². The van der Waals surface area contributed by atoms with E-state index in [1.54, 1.807) is 0 Å². The molecule has 1 aromatic rings. The third kappa shape index (κ3) is 1.71. The van der Waals surface area contributed by atoms with Crippen LogP contribution in [0.3, 0.4) is 0 Å². The molecular formula is C10H5F5O2S. The van der Waals surface area contributed by atoms with Gasteiger partial charge in [0.25, 0.3) is 0 Å². The maximum absolute atomic E-state index is 12.9. The van der Waals surface area contributed by atoms with Gasteiger partial charge in [-0.05, 0) is 11.4 Å². The van der Waals surface area contributed by atoms with Crippen LogP contribution in [0.2, 0.25) is 0 Å². The van der Waals surface area contributed by atoms with Crippen molar-refractivity contribution in [3.8, 4) is 0 Å². The molecule has 1 aliphatic carbocycles. The topological polar surface area (TPSA) is 37.3 Å². The molecule has 0 atom stereocenters. The monoisotopic (exact) mass is 284 g/mol. The fourth-order valence-electron chi connectivity index (χ4n) is 1.60. The van der Waals surface area contributed by atoms with Gasteiger partial charge in [0.15, 0.2) is 11.5 Å². The van der Waals surface area contributed by atoms with Crippen LogP contribution in [0, 0.1) is 0 Å². The molecule has 1 N–H and O–H groups in total. The Morgan fingerprint density at radius 2 is 1.89 bits per heavy atom. The molecule has 2 rings (SSSR count). The molecule has 1 heterocycles. The summed E-state index contributed by atoms with van der Waals surface area (Å²) in [5.74, 6) is -8.59. The lowest BCUT2D eigenvalue weighted by Crippen LogP contribution is -2.39. The molecule has 8 heteroatoms. The number of ketones is 1. The first-order valence-corrected chi connectivity index (χ1v) is 5.52. The summed E-state index contributed by atoms with van der Waals surface area (Å²) in [6.07, 6.45) is -6.33. The second-order valence-electron chi connectivity index (χ2n) is 3.66. The second kappa shape index (κ2) is 3.78. The number of alkyl halides is 5. The molecule has 0 unspecified atom stereocenters. The van der Waals surface area contributed by atoms with Gasteiger partial charge in [-0.2, -0.15) is 22.0 Å². The number of hydrogen-bond acceptors (Lipinski definition) is 3. The number of allylic oxidation sites excluding steroid dienone is 2.